The summed E-state index contributed by atoms with van der Waals surface area (Å²) >= 11 is 0. The lowest BCUT2D eigenvalue weighted by atomic mass is 9.69. The van der Waals surface area contributed by atoms with Crippen LogP contribution < -0.4 is 0 Å². The van der Waals surface area contributed by atoms with Gasteiger partial charge in [-0.2, -0.15) is 0 Å². The molecule has 0 bridgehead atoms. The predicted octanol–water partition coefficient (Wildman–Crippen LogP) is 12.2. The molecule has 0 fully saturated rings. The molecule has 4 heteroatoms. The number of hydrogen-bond acceptors (Lipinski definition) is 4. The van der Waals surface area contributed by atoms with Crippen LogP contribution in [0.1, 0.15) is 45.0 Å². The number of benzene rings is 8. The maximum absolute atomic E-state index is 6.61. The van der Waals surface area contributed by atoms with E-state index in [0.717, 1.165) is 72.0 Å². The van der Waals surface area contributed by atoms with Crippen LogP contribution in [0.5, 0.6) is 0 Å². The molecule has 0 unspecified atom stereocenters. The van der Waals surface area contributed by atoms with Crippen LogP contribution in [0.15, 0.2) is 205 Å². The molecule has 12 rings (SSSR count). The van der Waals surface area contributed by atoms with Gasteiger partial charge in [-0.3, -0.25) is 0 Å². The first-order chi connectivity index (χ1) is 28.3. The molecule has 8 aromatic carbocycles. The van der Waals surface area contributed by atoms with Crippen molar-refractivity contribution in [3.8, 4) is 33.6 Å². The van der Waals surface area contributed by atoms with E-state index in [9.17, 15) is 0 Å². The van der Waals surface area contributed by atoms with Gasteiger partial charge in [-0.1, -0.05) is 188 Å². The summed E-state index contributed by atoms with van der Waals surface area (Å²) in [4.78, 5) is 17.2. The summed E-state index contributed by atoms with van der Waals surface area (Å²) in [5.74, 6) is 1.97. The molecule has 2 aromatic heterocycles. The average Bonchev–Trinajstić information content (AvgIpc) is 3.92. The molecular formula is C53H33N3O. The van der Waals surface area contributed by atoms with Crippen molar-refractivity contribution in [2.24, 2.45) is 0 Å². The topological polar surface area (TPSA) is 51.8 Å². The normalized spacial score (nSPS) is 14.2. The highest BCUT2D eigenvalue weighted by molar-refractivity contribution is 6.08. The molecule has 0 atom stereocenters. The Morgan fingerprint density at radius 1 is 0.333 bits per heavy atom. The summed E-state index contributed by atoms with van der Waals surface area (Å²) in [6, 6.07) is 70.9. The van der Waals surface area contributed by atoms with E-state index < -0.39 is 10.8 Å². The molecule has 2 aliphatic carbocycles. The molecule has 266 valence electrons. The van der Waals surface area contributed by atoms with E-state index in [1.54, 1.807) is 0 Å². The summed E-state index contributed by atoms with van der Waals surface area (Å²) < 4.78 is 6.61. The van der Waals surface area contributed by atoms with Gasteiger partial charge in [0.25, 0.3) is 0 Å². The minimum absolute atomic E-state index is 0.623. The van der Waals surface area contributed by atoms with Crippen molar-refractivity contribution in [1.29, 1.82) is 0 Å². The van der Waals surface area contributed by atoms with E-state index in [4.69, 9.17) is 19.4 Å². The lowest BCUT2D eigenvalue weighted by Gasteiger charge is -2.35. The molecule has 10 aromatic rings. The molecule has 57 heavy (non-hydrogen) atoms. The van der Waals surface area contributed by atoms with Gasteiger partial charge in [-0.25, -0.2) is 15.0 Å². The Balaban J connectivity index is 1.29. The van der Waals surface area contributed by atoms with Gasteiger partial charge in [-0.15, -0.1) is 0 Å². The van der Waals surface area contributed by atoms with E-state index >= 15 is 0 Å². The zero-order valence-corrected chi connectivity index (χ0v) is 30.8. The molecule has 0 amide bonds. The highest BCUT2D eigenvalue weighted by Crippen LogP contribution is 2.59. The van der Waals surface area contributed by atoms with Gasteiger partial charge in [0.1, 0.15) is 22.0 Å². The molecule has 0 saturated heterocycles. The monoisotopic (exact) mass is 727 g/mol. The van der Waals surface area contributed by atoms with Crippen molar-refractivity contribution < 1.29 is 4.42 Å². The van der Waals surface area contributed by atoms with Crippen LogP contribution >= 0.6 is 0 Å². The molecular weight excluding hydrogens is 695 g/mol. The standard InChI is InChI=1S/C53H33N3O/c1-3-18-34(19-4-1)49-54-50(52(35-20-5-2-6-21-35)41-27-12-7-22-36(41)37-23-8-13-28-42(37)52)56-51(55-49)53(43-29-14-9-24-38(43)39-25-10-15-30-44(39)53)45-31-17-33-47-48(45)40-26-11-16-32-46(40)57-47/h1-33H. The van der Waals surface area contributed by atoms with E-state index in [1.165, 1.54) is 11.1 Å². The minimum atomic E-state index is -0.948. The number of furan rings is 1. The Kier molecular flexibility index (Phi) is 6.73. The molecule has 0 spiro atoms. The maximum atomic E-state index is 6.61. The first-order valence-corrected chi connectivity index (χ1v) is 19.5. The van der Waals surface area contributed by atoms with Crippen LogP contribution in [0, 0.1) is 0 Å². The van der Waals surface area contributed by atoms with Crippen molar-refractivity contribution in [1.82, 2.24) is 15.0 Å². The van der Waals surface area contributed by atoms with Crippen LogP contribution in [0.4, 0.5) is 0 Å². The summed E-state index contributed by atoms with van der Waals surface area (Å²) in [5, 5.41) is 2.11. The highest BCUT2D eigenvalue weighted by Gasteiger charge is 2.53. The number of aromatic nitrogens is 3. The second-order valence-electron chi connectivity index (χ2n) is 15.0. The fourth-order valence-electron chi connectivity index (χ4n) is 10.0. The quantitative estimate of drug-likeness (QED) is 0.177. The average molecular weight is 728 g/mol. The van der Waals surface area contributed by atoms with Gasteiger partial charge in [-0.05, 0) is 67.8 Å². The van der Waals surface area contributed by atoms with Crippen molar-refractivity contribution in [3.05, 3.63) is 245 Å². The van der Waals surface area contributed by atoms with Crippen molar-refractivity contribution in [2.45, 2.75) is 10.8 Å². The maximum Gasteiger partial charge on any atom is 0.163 e. The largest absolute Gasteiger partial charge is 0.456 e. The Labute approximate surface area is 329 Å². The fourth-order valence-corrected chi connectivity index (χ4v) is 10.0. The number of fused-ring (bicyclic) bond motifs is 9. The van der Waals surface area contributed by atoms with Crippen molar-refractivity contribution >= 4 is 21.9 Å². The Hall–Kier alpha value is -7.43. The number of para-hydroxylation sites is 1. The van der Waals surface area contributed by atoms with Crippen molar-refractivity contribution in [3.63, 3.8) is 0 Å². The third-order valence-electron chi connectivity index (χ3n) is 12.3. The first kappa shape index (κ1) is 31.9. The fraction of sp³-hybridized carbons (Fsp3) is 0.0377. The number of nitrogens with zero attached hydrogens (tertiary/aromatic N) is 3. The summed E-state index contributed by atoms with van der Waals surface area (Å²) in [6.45, 7) is 0. The van der Waals surface area contributed by atoms with Crippen LogP contribution in [0.2, 0.25) is 0 Å². The summed E-state index contributed by atoms with van der Waals surface area (Å²) in [7, 11) is 0. The molecule has 2 aliphatic rings. The summed E-state index contributed by atoms with van der Waals surface area (Å²) in [5.41, 5.74) is 12.2. The molecule has 0 aliphatic heterocycles. The van der Waals surface area contributed by atoms with Gasteiger partial charge >= 0.3 is 0 Å². The van der Waals surface area contributed by atoms with Crippen LogP contribution in [0.3, 0.4) is 0 Å². The van der Waals surface area contributed by atoms with Crippen LogP contribution in [0.25, 0.3) is 55.6 Å². The second kappa shape index (κ2) is 12.0. The number of rotatable bonds is 5. The third-order valence-corrected chi connectivity index (χ3v) is 12.3. The molecule has 0 saturated carbocycles. The van der Waals surface area contributed by atoms with E-state index in [0.29, 0.717) is 17.5 Å². The molecule has 0 radical (unpaired) electrons. The predicted molar refractivity (Wildman–Crippen MR) is 227 cm³/mol. The lowest BCUT2D eigenvalue weighted by molar-refractivity contribution is 0.632. The van der Waals surface area contributed by atoms with Gasteiger partial charge in [0.15, 0.2) is 17.5 Å². The van der Waals surface area contributed by atoms with E-state index in [-0.39, 0.29) is 0 Å². The zero-order chi connectivity index (χ0) is 37.6. The van der Waals surface area contributed by atoms with E-state index in [2.05, 4.69) is 188 Å². The third kappa shape index (κ3) is 4.24. The zero-order valence-electron chi connectivity index (χ0n) is 30.8. The molecule has 4 nitrogen and oxygen atoms in total. The molecule has 2 heterocycles. The highest BCUT2D eigenvalue weighted by atomic mass is 16.3. The molecule has 0 N–H and O–H groups in total. The van der Waals surface area contributed by atoms with Gasteiger partial charge in [0, 0.05) is 16.3 Å². The van der Waals surface area contributed by atoms with Gasteiger partial charge < -0.3 is 4.42 Å². The van der Waals surface area contributed by atoms with E-state index in [1.807, 2.05) is 12.1 Å². The van der Waals surface area contributed by atoms with Gasteiger partial charge in [0.2, 0.25) is 0 Å². The Morgan fingerprint density at radius 2 is 0.772 bits per heavy atom. The summed E-state index contributed by atoms with van der Waals surface area (Å²) in [6.07, 6.45) is 0. The van der Waals surface area contributed by atoms with Crippen LogP contribution in [-0.2, 0) is 10.8 Å². The SMILES string of the molecule is c1ccc(-c2nc(C3(c4ccccc4)c4ccccc4-c4ccccc43)nc(C3(c4cccc5oc6ccccc6c45)c4ccccc4-c4ccccc43)n2)cc1. The van der Waals surface area contributed by atoms with Gasteiger partial charge in [0.05, 0.1) is 0 Å². The minimum Gasteiger partial charge on any atom is -0.456 e. The van der Waals surface area contributed by atoms with Crippen molar-refractivity contribution in [2.75, 3.05) is 0 Å². The van der Waals surface area contributed by atoms with Crippen LogP contribution in [-0.4, -0.2) is 15.0 Å². The Morgan fingerprint density at radius 3 is 1.37 bits per heavy atom. The second-order valence-corrected chi connectivity index (χ2v) is 15.0. The number of hydrogen-bond donors (Lipinski definition) is 0. The lowest BCUT2D eigenvalue weighted by Crippen LogP contribution is -2.36. The smallest absolute Gasteiger partial charge is 0.163 e. The Bertz CT molecular complexity index is 3110. The first-order valence-electron chi connectivity index (χ1n) is 19.5.